The van der Waals surface area contributed by atoms with E-state index in [4.69, 9.17) is 9.47 Å². The molecule has 0 aliphatic rings. The standard InChI is InChI=1S/C15H21N3O3/c1-20-10-13(19)9-16-7-12-8-17-18-15(12)11-3-5-14(21-2)6-4-11/h3-6,8,13,16,19H,7,9-10H2,1-2H3,(H,17,18). The number of aromatic nitrogens is 2. The van der Waals surface area contributed by atoms with Gasteiger partial charge in [-0.3, -0.25) is 5.10 Å². The molecule has 1 aromatic heterocycles. The molecule has 3 N–H and O–H groups in total. The first-order valence-electron chi connectivity index (χ1n) is 6.79. The van der Waals surface area contributed by atoms with Gasteiger partial charge in [0.25, 0.3) is 0 Å². The lowest BCUT2D eigenvalue weighted by Gasteiger charge is -2.11. The molecule has 21 heavy (non-hydrogen) atoms. The molecule has 0 amide bonds. The first-order valence-corrected chi connectivity index (χ1v) is 6.79. The van der Waals surface area contributed by atoms with Crippen LogP contribution in [0, 0.1) is 0 Å². The Morgan fingerprint density at radius 1 is 1.29 bits per heavy atom. The van der Waals surface area contributed by atoms with E-state index in [1.807, 2.05) is 24.3 Å². The predicted octanol–water partition coefficient (Wildman–Crippen LogP) is 1.18. The van der Waals surface area contributed by atoms with Crippen molar-refractivity contribution in [3.05, 3.63) is 36.0 Å². The molecule has 0 aliphatic carbocycles. The molecule has 0 saturated carbocycles. The number of nitrogens with zero attached hydrogens (tertiary/aromatic N) is 1. The molecule has 1 atom stereocenters. The minimum absolute atomic E-state index is 0.323. The second kappa shape index (κ2) is 7.78. The van der Waals surface area contributed by atoms with E-state index in [1.54, 1.807) is 20.4 Å². The van der Waals surface area contributed by atoms with E-state index in [-0.39, 0.29) is 0 Å². The fourth-order valence-corrected chi connectivity index (χ4v) is 2.08. The van der Waals surface area contributed by atoms with Crippen LogP contribution in [0.2, 0.25) is 0 Å². The lowest BCUT2D eigenvalue weighted by molar-refractivity contribution is 0.0644. The van der Waals surface area contributed by atoms with Crippen LogP contribution in [0.1, 0.15) is 5.56 Å². The van der Waals surface area contributed by atoms with E-state index in [0.717, 1.165) is 22.6 Å². The van der Waals surface area contributed by atoms with Crippen LogP contribution in [0.25, 0.3) is 11.3 Å². The monoisotopic (exact) mass is 291 g/mol. The predicted molar refractivity (Wildman–Crippen MR) is 80.2 cm³/mol. The van der Waals surface area contributed by atoms with Crippen LogP contribution in [0.5, 0.6) is 5.75 Å². The zero-order valence-electron chi connectivity index (χ0n) is 12.3. The largest absolute Gasteiger partial charge is 0.497 e. The summed E-state index contributed by atoms with van der Waals surface area (Å²) in [6.45, 7) is 1.42. The number of aromatic amines is 1. The SMILES string of the molecule is COCC(O)CNCc1cn[nH]c1-c1ccc(OC)cc1. The van der Waals surface area contributed by atoms with E-state index >= 15 is 0 Å². The van der Waals surface area contributed by atoms with E-state index in [2.05, 4.69) is 15.5 Å². The average Bonchev–Trinajstić information content (AvgIpc) is 2.96. The topological polar surface area (TPSA) is 79.4 Å². The lowest BCUT2D eigenvalue weighted by atomic mass is 10.1. The number of hydrogen-bond donors (Lipinski definition) is 3. The molecule has 1 unspecified atom stereocenters. The molecular weight excluding hydrogens is 270 g/mol. The Labute approximate surface area is 124 Å². The van der Waals surface area contributed by atoms with E-state index in [0.29, 0.717) is 19.7 Å². The molecule has 1 aromatic carbocycles. The molecule has 2 aromatic rings. The van der Waals surface area contributed by atoms with Crippen LogP contribution < -0.4 is 10.1 Å². The van der Waals surface area contributed by atoms with Crippen molar-refractivity contribution in [2.24, 2.45) is 0 Å². The van der Waals surface area contributed by atoms with Crippen molar-refractivity contribution >= 4 is 0 Å². The molecule has 114 valence electrons. The van der Waals surface area contributed by atoms with Crippen LogP contribution in [0.4, 0.5) is 0 Å². The van der Waals surface area contributed by atoms with Crippen molar-refractivity contribution in [2.75, 3.05) is 27.4 Å². The highest BCUT2D eigenvalue weighted by molar-refractivity contribution is 5.63. The van der Waals surface area contributed by atoms with E-state index in [1.165, 1.54) is 0 Å². The van der Waals surface area contributed by atoms with Crippen LogP contribution >= 0.6 is 0 Å². The van der Waals surface area contributed by atoms with Crippen LogP contribution in [0.15, 0.2) is 30.5 Å². The summed E-state index contributed by atoms with van der Waals surface area (Å²) in [7, 11) is 3.22. The average molecular weight is 291 g/mol. The molecule has 0 radical (unpaired) electrons. The van der Waals surface area contributed by atoms with Gasteiger partial charge in [-0.1, -0.05) is 0 Å². The fourth-order valence-electron chi connectivity index (χ4n) is 2.08. The van der Waals surface area contributed by atoms with Crippen molar-refractivity contribution in [1.29, 1.82) is 0 Å². The van der Waals surface area contributed by atoms with Crippen molar-refractivity contribution in [1.82, 2.24) is 15.5 Å². The summed E-state index contributed by atoms with van der Waals surface area (Å²) >= 11 is 0. The molecule has 0 fully saturated rings. The van der Waals surface area contributed by atoms with Gasteiger partial charge in [-0.15, -0.1) is 0 Å². The number of ether oxygens (including phenoxy) is 2. The van der Waals surface area contributed by atoms with Gasteiger partial charge in [-0.25, -0.2) is 0 Å². The Morgan fingerprint density at radius 3 is 2.71 bits per heavy atom. The number of H-pyrrole nitrogens is 1. The summed E-state index contributed by atoms with van der Waals surface area (Å²) in [6, 6.07) is 7.79. The summed E-state index contributed by atoms with van der Waals surface area (Å²) in [6.07, 6.45) is 1.28. The van der Waals surface area contributed by atoms with E-state index < -0.39 is 6.10 Å². The highest BCUT2D eigenvalue weighted by Gasteiger charge is 2.09. The maximum Gasteiger partial charge on any atom is 0.118 e. The second-order valence-electron chi connectivity index (χ2n) is 4.74. The van der Waals surface area contributed by atoms with Gasteiger partial charge in [0.2, 0.25) is 0 Å². The molecule has 0 bridgehead atoms. The zero-order chi connectivity index (χ0) is 15.1. The Kier molecular flexibility index (Phi) is 5.74. The van der Waals surface area contributed by atoms with Gasteiger partial charge in [-0.05, 0) is 24.3 Å². The number of hydrogen-bond acceptors (Lipinski definition) is 5. The number of aliphatic hydroxyl groups is 1. The number of benzene rings is 1. The van der Waals surface area contributed by atoms with E-state index in [9.17, 15) is 5.11 Å². The van der Waals surface area contributed by atoms with Crippen molar-refractivity contribution in [3.63, 3.8) is 0 Å². The number of aliphatic hydroxyl groups excluding tert-OH is 1. The van der Waals surface area contributed by atoms with Crippen LogP contribution in [0.3, 0.4) is 0 Å². The summed E-state index contributed by atoms with van der Waals surface area (Å²) < 4.78 is 10.0. The zero-order valence-corrected chi connectivity index (χ0v) is 12.3. The maximum absolute atomic E-state index is 9.60. The Hall–Kier alpha value is -1.89. The summed E-state index contributed by atoms with van der Waals surface area (Å²) in [5.41, 5.74) is 3.05. The Morgan fingerprint density at radius 2 is 2.05 bits per heavy atom. The molecule has 6 heteroatoms. The van der Waals surface area contributed by atoms with Crippen molar-refractivity contribution in [2.45, 2.75) is 12.6 Å². The minimum Gasteiger partial charge on any atom is -0.497 e. The van der Waals surface area contributed by atoms with Gasteiger partial charge in [0.15, 0.2) is 0 Å². The van der Waals surface area contributed by atoms with Gasteiger partial charge in [-0.2, -0.15) is 5.10 Å². The summed E-state index contributed by atoms with van der Waals surface area (Å²) in [4.78, 5) is 0. The molecule has 1 heterocycles. The molecular formula is C15H21N3O3. The smallest absolute Gasteiger partial charge is 0.118 e. The molecule has 0 aliphatic heterocycles. The van der Waals surface area contributed by atoms with Gasteiger partial charge >= 0.3 is 0 Å². The quantitative estimate of drug-likeness (QED) is 0.680. The van der Waals surface area contributed by atoms with Crippen LogP contribution in [-0.2, 0) is 11.3 Å². The summed E-state index contributed by atoms with van der Waals surface area (Å²) in [5.74, 6) is 0.820. The highest BCUT2D eigenvalue weighted by atomic mass is 16.5. The second-order valence-corrected chi connectivity index (χ2v) is 4.74. The fraction of sp³-hybridized carbons (Fsp3) is 0.400. The summed E-state index contributed by atoms with van der Waals surface area (Å²) in [5, 5.41) is 19.9. The Bertz CT molecular complexity index is 539. The number of rotatable bonds is 8. The maximum atomic E-state index is 9.60. The number of methoxy groups -OCH3 is 2. The molecule has 2 rings (SSSR count). The van der Waals surface area contributed by atoms with Gasteiger partial charge < -0.3 is 19.9 Å². The van der Waals surface area contributed by atoms with Gasteiger partial charge in [0, 0.05) is 31.3 Å². The van der Waals surface area contributed by atoms with Crippen molar-refractivity contribution in [3.8, 4) is 17.0 Å². The molecule has 0 spiro atoms. The van der Waals surface area contributed by atoms with Crippen molar-refractivity contribution < 1.29 is 14.6 Å². The first-order chi connectivity index (χ1) is 10.2. The minimum atomic E-state index is -0.508. The van der Waals surface area contributed by atoms with Gasteiger partial charge in [0.1, 0.15) is 5.75 Å². The third kappa shape index (κ3) is 4.29. The molecule has 0 saturated heterocycles. The highest BCUT2D eigenvalue weighted by Crippen LogP contribution is 2.23. The lowest BCUT2D eigenvalue weighted by Crippen LogP contribution is -2.29. The Balaban J connectivity index is 1.97. The first kappa shape index (κ1) is 15.5. The normalized spacial score (nSPS) is 12.3. The number of nitrogens with one attached hydrogen (secondary N) is 2. The third-order valence-electron chi connectivity index (χ3n) is 3.15. The molecule has 6 nitrogen and oxygen atoms in total. The van der Waals surface area contributed by atoms with Crippen LogP contribution in [-0.4, -0.2) is 48.8 Å². The van der Waals surface area contributed by atoms with Gasteiger partial charge in [0.05, 0.1) is 31.7 Å². The third-order valence-corrected chi connectivity index (χ3v) is 3.15.